The van der Waals surface area contributed by atoms with E-state index in [4.69, 9.17) is 14.3 Å². The van der Waals surface area contributed by atoms with Crippen molar-refractivity contribution >= 4 is 18.1 Å². The Morgan fingerprint density at radius 1 is 1.10 bits per heavy atom. The van der Waals surface area contributed by atoms with E-state index in [1.165, 1.54) is 24.0 Å². The van der Waals surface area contributed by atoms with E-state index >= 15 is 0 Å². The van der Waals surface area contributed by atoms with Crippen molar-refractivity contribution in [3.8, 4) is 0 Å². The highest BCUT2D eigenvalue weighted by molar-refractivity contribution is 5.86. The zero-order valence-electron chi connectivity index (χ0n) is 17.6. The number of rotatable bonds is 4. The number of carbonyl (C=O) groups is 3. The smallest absolute Gasteiger partial charge is 0.411 e. The van der Waals surface area contributed by atoms with Crippen molar-refractivity contribution < 1.29 is 28.7 Å². The van der Waals surface area contributed by atoms with Crippen molar-refractivity contribution in [2.24, 2.45) is 0 Å². The molecule has 0 aliphatic carbocycles. The Morgan fingerprint density at radius 3 is 2.34 bits per heavy atom. The molecule has 29 heavy (non-hydrogen) atoms. The molecule has 3 amide bonds. The summed E-state index contributed by atoms with van der Waals surface area (Å²) in [5.41, 5.74) is 0.156. The Bertz CT molecular complexity index is 719. The molecule has 1 fully saturated rings. The van der Waals surface area contributed by atoms with Gasteiger partial charge >= 0.3 is 12.2 Å². The lowest BCUT2D eigenvalue weighted by molar-refractivity contribution is -0.176. The molecule has 0 N–H and O–H groups in total. The molecule has 1 aliphatic rings. The quantitative estimate of drug-likeness (QED) is 0.712. The first-order valence-electron chi connectivity index (χ1n) is 9.39. The third-order valence-electron chi connectivity index (χ3n) is 4.34. The summed E-state index contributed by atoms with van der Waals surface area (Å²) < 4.78 is 10.8. The van der Waals surface area contributed by atoms with E-state index in [0.717, 1.165) is 10.6 Å². The Balaban J connectivity index is 2.08. The largest absolute Gasteiger partial charge is 0.445 e. The summed E-state index contributed by atoms with van der Waals surface area (Å²) in [7, 11) is 2.80. The fourth-order valence-electron chi connectivity index (χ4n) is 2.81. The van der Waals surface area contributed by atoms with E-state index in [2.05, 4.69) is 0 Å². The minimum Gasteiger partial charge on any atom is -0.445 e. The second-order valence-electron chi connectivity index (χ2n) is 7.69. The molecule has 0 radical (unpaired) electrons. The van der Waals surface area contributed by atoms with Crippen molar-refractivity contribution in [2.45, 2.75) is 39.0 Å². The number of carbonyl (C=O) groups excluding carboxylic acids is 3. The predicted molar refractivity (Wildman–Crippen MR) is 105 cm³/mol. The number of nitrogens with zero attached hydrogens (tertiary/aromatic N) is 3. The number of likely N-dealkylation sites (N-methyl/N-ethyl adjacent to an activating group) is 1. The van der Waals surface area contributed by atoms with Crippen molar-refractivity contribution in [3.63, 3.8) is 0 Å². The maximum Gasteiger partial charge on any atom is 0.411 e. The van der Waals surface area contributed by atoms with Gasteiger partial charge < -0.3 is 14.4 Å². The molecular weight excluding hydrogens is 378 g/mol. The van der Waals surface area contributed by atoms with Crippen LogP contribution in [0.3, 0.4) is 0 Å². The Labute approximate surface area is 171 Å². The molecule has 1 aromatic rings. The van der Waals surface area contributed by atoms with Gasteiger partial charge in [0.1, 0.15) is 18.2 Å². The normalized spacial score (nSPS) is 16.9. The SMILES string of the molecule is CON(C)C(=O)[C@H]1CN(C(=O)OCc2ccccc2)CCN1C(=O)OC(C)(C)C. The molecule has 1 saturated heterocycles. The maximum absolute atomic E-state index is 12.7. The molecule has 0 saturated carbocycles. The summed E-state index contributed by atoms with van der Waals surface area (Å²) in [6.45, 7) is 5.74. The number of hydrogen-bond acceptors (Lipinski definition) is 6. The zero-order valence-corrected chi connectivity index (χ0v) is 17.6. The van der Waals surface area contributed by atoms with Gasteiger partial charge in [0.05, 0.1) is 13.7 Å². The molecule has 2 rings (SSSR count). The van der Waals surface area contributed by atoms with Gasteiger partial charge in [0, 0.05) is 20.1 Å². The third kappa shape index (κ3) is 6.35. The van der Waals surface area contributed by atoms with E-state index in [1.807, 2.05) is 30.3 Å². The first-order valence-corrected chi connectivity index (χ1v) is 9.39. The molecule has 0 bridgehead atoms. The lowest BCUT2D eigenvalue weighted by atomic mass is 10.1. The molecule has 9 heteroatoms. The van der Waals surface area contributed by atoms with Crippen LogP contribution in [0.25, 0.3) is 0 Å². The van der Waals surface area contributed by atoms with Crippen LogP contribution in [0.4, 0.5) is 9.59 Å². The van der Waals surface area contributed by atoms with Crippen LogP contribution in [0.2, 0.25) is 0 Å². The van der Waals surface area contributed by atoms with Gasteiger partial charge in [-0.25, -0.2) is 14.7 Å². The van der Waals surface area contributed by atoms with Crippen LogP contribution in [0.1, 0.15) is 26.3 Å². The average molecular weight is 407 g/mol. The highest BCUT2D eigenvalue weighted by Gasteiger charge is 2.40. The number of hydrogen-bond donors (Lipinski definition) is 0. The highest BCUT2D eigenvalue weighted by Crippen LogP contribution is 2.18. The Kier molecular flexibility index (Phi) is 7.44. The summed E-state index contributed by atoms with van der Waals surface area (Å²) in [6, 6.07) is 8.37. The van der Waals surface area contributed by atoms with Crippen LogP contribution in [0.15, 0.2) is 30.3 Å². The number of benzene rings is 1. The van der Waals surface area contributed by atoms with E-state index in [0.29, 0.717) is 0 Å². The fourth-order valence-corrected chi connectivity index (χ4v) is 2.81. The number of amides is 3. The first-order chi connectivity index (χ1) is 13.6. The summed E-state index contributed by atoms with van der Waals surface area (Å²) in [5, 5.41) is 1.03. The maximum atomic E-state index is 12.7. The minimum absolute atomic E-state index is 0.0145. The van der Waals surface area contributed by atoms with Gasteiger partial charge in [0.25, 0.3) is 5.91 Å². The van der Waals surface area contributed by atoms with E-state index < -0.39 is 29.7 Å². The fraction of sp³-hybridized carbons (Fsp3) is 0.550. The molecule has 0 spiro atoms. The van der Waals surface area contributed by atoms with E-state index in [9.17, 15) is 14.4 Å². The molecule has 1 aromatic carbocycles. The average Bonchev–Trinajstić information content (AvgIpc) is 2.69. The van der Waals surface area contributed by atoms with E-state index in [1.54, 1.807) is 20.8 Å². The molecule has 1 atom stereocenters. The first kappa shape index (κ1) is 22.5. The number of hydroxylamine groups is 2. The molecule has 0 unspecified atom stereocenters. The van der Waals surface area contributed by atoms with E-state index in [-0.39, 0.29) is 26.2 Å². The second-order valence-corrected chi connectivity index (χ2v) is 7.69. The minimum atomic E-state index is -0.937. The monoisotopic (exact) mass is 407 g/mol. The molecule has 160 valence electrons. The standard InChI is InChI=1S/C20H29N3O6/c1-20(2,3)29-19(26)23-12-11-22(13-16(23)17(24)21(4)27-5)18(25)28-14-15-9-7-6-8-10-15/h6-10,16H,11-14H2,1-5H3/t16-/m1/s1. The van der Waals surface area contributed by atoms with Crippen molar-refractivity contribution in [3.05, 3.63) is 35.9 Å². The second kappa shape index (κ2) is 9.60. The molecular formula is C20H29N3O6. The van der Waals surface area contributed by atoms with Gasteiger partial charge in [-0.15, -0.1) is 0 Å². The van der Waals surface area contributed by atoms with Gasteiger partial charge in [-0.05, 0) is 26.3 Å². The Morgan fingerprint density at radius 2 is 1.76 bits per heavy atom. The van der Waals surface area contributed by atoms with Crippen molar-refractivity contribution in [1.29, 1.82) is 0 Å². The van der Waals surface area contributed by atoms with Gasteiger partial charge in [-0.2, -0.15) is 0 Å². The molecule has 0 aromatic heterocycles. The van der Waals surface area contributed by atoms with Crippen LogP contribution >= 0.6 is 0 Å². The van der Waals surface area contributed by atoms with Gasteiger partial charge in [-0.1, -0.05) is 30.3 Å². The van der Waals surface area contributed by atoms with Crippen LogP contribution in [-0.2, 0) is 25.7 Å². The van der Waals surface area contributed by atoms with Gasteiger partial charge in [-0.3, -0.25) is 14.5 Å². The number of piperazine rings is 1. The summed E-state index contributed by atoms with van der Waals surface area (Å²) in [4.78, 5) is 45.5. The van der Waals surface area contributed by atoms with Crippen LogP contribution < -0.4 is 0 Å². The van der Waals surface area contributed by atoms with Crippen molar-refractivity contribution in [1.82, 2.24) is 14.9 Å². The van der Waals surface area contributed by atoms with Gasteiger partial charge in [0.2, 0.25) is 0 Å². The lowest BCUT2D eigenvalue weighted by Gasteiger charge is -2.41. The molecule has 1 aliphatic heterocycles. The summed E-state index contributed by atoms with van der Waals surface area (Å²) >= 11 is 0. The predicted octanol–water partition coefficient (Wildman–Crippen LogP) is 2.26. The Hall–Kier alpha value is -2.81. The topological polar surface area (TPSA) is 88.6 Å². The van der Waals surface area contributed by atoms with Gasteiger partial charge in [0.15, 0.2) is 0 Å². The summed E-state index contributed by atoms with van der Waals surface area (Å²) in [5.74, 6) is -0.459. The molecule has 9 nitrogen and oxygen atoms in total. The lowest BCUT2D eigenvalue weighted by Crippen LogP contribution is -2.62. The van der Waals surface area contributed by atoms with Crippen LogP contribution in [-0.4, -0.2) is 78.4 Å². The van der Waals surface area contributed by atoms with Crippen LogP contribution in [0, 0.1) is 0 Å². The third-order valence-corrected chi connectivity index (χ3v) is 4.34. The number of ether oxygens (including phenoxy) is 2. The van der Waals surface area contributed by atoms with Crippen molar-refractivity contribution in [2.75, 3.05) is 33.8 Å². The highest BCUT2D eigenvalue weighted by atomic mass is 16.7. The molecule has 1 heterocycles. The van der Waals surface area contributed by atoms with Crippen LogP contribution in [0.5, 0.6) is 0 Å². The summed E-state index contributed by atoms with van der Waals surface area (Å²) in [6.07, 6.45) is -1.16. The zero-order chi connectivity index (χ0) is 21.6.